The van der Waals surface area contributed by atoms with E-state index in [0.29, 0.717) is 27.8 Å². The summed E-state index contributed by atoms with van der Waals surface area (Å²) in [5, 5.41) is 8.95. The van der Waals surface area contributed by atoms with Gasteiger partial charge in [-0.25, -0.2) is 9.48 Å². The van der Waals surface area contributed by atoms with E-state index in [1.165, 1.54) is 6.08 Å². The number of benzene rings is 2. The van der Waals surface area contributed by atoms with Crippen molar-refractivity contribution < 1.29 is 9.53 Å². The maximum absolute atomic E-state index is 11.9. The van der Waals surface area contributed by atoms with Gasteiger partial charge in [-0.05, 0) is 23.8 Å². The number of hydrogen-bond acceptors (Lipinski definition) is 4. The number of hydrogen-bond donors (Lipinski definition) is 0. The van der Waals surface area contributed by atoms with E-state index in [9.17, 15) is 4.79 Å². The molecule has 5 nitrogen and oxygen atoms in total. The van der Waals surface area contributed by atoms with Gasteiger partial charge < -0.3 is 4.74 Å². The van der Waals surface area contributed by atoms with E-state index in [-0.39, 0.29) is 6.61 Å². The van der Waals surface area contributed by atoms with Gasteiger partial charge >= 0.3 is 5.97 Å². The quantitative estimate of drug-likeness (QED) is 0.464. The van der Waals surface area contributed by atoms with Crippen LogP contribution in [0, 0.1) is 0 Å². The molecule has 0 bridgehead atoms. The zero-order valence-corrected chi connectivity index (χ0v) is 15.2. The van der Waals surface area contributed by atoms with Gasteiger partial charge in [0.05, 0.1) is 12.7 Å². The van der Waals surface area contributed by atoms with Crippen molar-refractivity contribution >= 4 is 35.2 Å². The van der Waals surface area contributed by atoms with Crippen LogP contribution in [0.3, 0.4) is 0 Å². The topological polar surface area (TPSA) is 57.0 Å². The average Bonchev–Trinajstić information content (AvgIpc) is 3.08. The van der Waals surface area contributed by atoms with Crippen LogP contribution in [0.15, 0.2) is 60.8 Å². The number of rotatable bonds is 6. The molecule has 7 heteroatoms. The van der Waals surface area contributed by atoms with Gasteiger partial charge in [-0.3, -0.25) is 0 Å². The summed E-state index contributed by atoms with van der Waals surface area (Å²) >= 11 is 12.1. The molecule has 3 rings (SSSR count). The molecule has 0 unspecified atom stereocenters. The Hall–Kier alpha value is -2.63. The van der Waals surface area contributed by atoms with Crippen LogP contribution in [-0.2, 0) is 22.7 Å². The van der Waals surface area contributed by atoms with Crippen LogP contribution in [0.4, 0.5) is 0 Å². The van der Waals surface area contributed by atoms with Crippen molar-refractivity contribution in [3.05, 3.63) is 87.7 Å². The second-order valence-corrected chi connectivity index (χ2v) is 6.28. The lowest BCUT2D eigenvalue weighted by Crippen LogP contribution is -2.01. The summed E-state index contributed by atoms with van der Waals surface area (Å²) in [4.78, 5) is 11.9. The first-order valence-electron chi connectivity index (χ1n) is 7.83. The van der Waals surface area contributed by atoms with E-state index < -0.39 is 5.97 Å². The highest BCUT2D eigenvalue weighted by molar-refractivity contribution is 6.35. The first-order valence-corrected chi connectivity index (χ1v) is 8.59. The van der Waals surface area contributed by atoms with Crippen LogP contribution in [-0.4, -0.2) is 21.0 Å². The lowest BCUT2D eigenvalue weighted by Gasteiger charge is -2.06. The molecule has 0 N–H and O–H groups in total. The Morgan fingerprint density at radius 2 is 1.81 bits per heavy atom. The summed E-state index contributed by atoms with van der Waals surface area (Å²) in [6, 6.07) is 15.0. The van der Waals surface area contributed by atoms with Crippen molar-refractivity contribution in [3.8, 4) is 0 Å². The molecule has 1 heterocycles. The monoisotopic (exact) mass is 387 g/mol. The number of ether oxygens (including phenoxy) is 1. The van der Waals surface area contributed by atoms with E-state index in [2.05, 4.69) is 10.3 Å². The Morgan fingerprint density at radius 3 is 2.54 bits per heavy atom. The Bertz CT molecular complexity index is 903. The molecule has 0 aliphatic heterocycles. The fourth-order valence-electron chi connectivity index (χ4n) is 2.25. The molecular formula is C19H15Cl2N3O2. The molecule has 0 fully saturated rings. The SMILES string of the molecule is O=C(/C=C/c1cn(Cc2ccccc2)nn1)OCc1c(Cl)cccc1Cl. The lowest BCUT2D eigenvalue weighted by atomic mass is 10.2. The van der Waals surface area contributed by atoms with Crippen molar-refractivity contribution in [2.45, 2.75) is 13.2 Å². The number of carbonyl (C=O) groups excluding carboxylic acids is 1. The summed E-state index contributed by atoms with van der Waals surface area (Å²) in [7, 11) is 0. The standard InChI is InChI=1S/C19H15Cl2N3O2/c20-17-7-4-8-18(21)16(17)13-26-19(25)10-9-15-12-24(23-22-15)11-14-5-2-1-3-6-14/h1-10,12H,11,13H2/b10-9+. The van der Waals surface area contributed by atoms with Gasteiger partial charge in [0.1, 0.15) is 12.3 Å². The summed E-state index contributed by atoms with van der Waals surface area (Å²) in [5.74, 6) is -0.515. The van der Waals surface area contributed by atoms with Crippen molar-refractivity contribution in [2.75, 3.05) is 0 Å². The molecule has 0 aliphatic rings. The third-order valence-corrected chi connectivity index (χ3v) is 4.26. The van der Waals surface area contributed by atoms with Crippen LogP contribution in [0.5, 0.6) is 0 Å². The largest absolute Gasteiger partial charge is 0.458 e. The lowest BCUT2D eigenvalue weighted by molar-refractivity contribution is -0.138. The number of halogens is 2. The molecule has 0 amide bonds. The minimum atomic E-state index is -0.515. The molecule has 132 valence electrons. The van der Waals surface area contributed by atoms with Crippen LogP contribution in [0.25, 0.3) is 6.08 Å². The van der Waals surface area contributed by atoms with Gasteiger partial charge in [0.25, 0.3) is 0 Å². The molecule has 1 aromatic heterocycles. The van der Waals surface area contributed by atoms with E-state index in [1.54, 1.807) is 35.2 Å². The highest BCUT2D eigenvalue weighted by Gasteiger charge is 2.08. The van der Waals surface area contributed by atoms with Gasteiger partial charge in [-0.2, -0.15) is 0 Å². The molecule has 0 radical (unpaired) electrons. The Kier molecular flexibility index (Phi) is 6.04. The average molecular weight is 388 g/mol. The molecular weight excluding hydrogens is 373 g/mol. The first kappa shape index (κ1) is 18.2. The van der Waals surface area contributed by atoms with E-state index in [4.69, 9.17) is 27.9 Å². The summed E-state index contributed by atoms with van der Waals surface area (Å²) in [6.45, 7) is 0.611. The van der Waals surface area contributed by atoms with Gasteiger partial charge in [-0.15, -0.1) is 5.10 Å². The molecule has 0 spiro atoms. The van der Waals surface area contributed by atoms with Crippen LogP contribution in [0.1, 0.15) is 16.8 Å². The van der Waals surface area contributed by atoms with Gasteiger partial charge in [-0.1, -0.05) is 64.8 Å². The molecule has 26 heavy (non-hydrogen) atoms. The predicted octanol–water partition coefficient (Wildman–Crippen LogP) is 4.39. The minimum Gasteiger partial charge on any atom is -0.458 e. The smallest absolute Gasteiger partial charge is 0.331 e. The normalized spacial score (nSPS) is 11.0. The number of nitrogens with zero attached hydrogens (tertiary/aromatic N) is 3. The van der Waals surface area contributed by atoms with Crippen molar-refractivity contribution in [2.24, 2.45) is 0 Å². The molecule has 2 aromatic carbocycles. The molecule has 0 aliphatic carbocycles. The Labute approximate surface area is 160 Å². The van der Waals surface area contributed by atoms with E-state index in [0.717, 1.165) is 5.56 Å². The van der Waals surface area contributed by atoms with Crippen LogP contribution >= 0.6 is 23.2 Å². The summed E-state index contributed by atoms with van der Waals surface area (Å²) in [5.41, 5.74) is 2.25. The maximum atomic E-state index is 11.9. The fourth-order valence-corrected chi connectivity index (χ4v) is 2.76. The Morgan fingerprint density at radius 1 is 1.08 bits per heavy atom. The van der Waals surface area contributed by atoms with Crippen molar-refractivity contribution in [3.63, 3.8) is 0 Å². The molecule has 3 aromatic rings. The van der Waals surface area contributed by atoms with Gasteiger partial charge in [0.15, 0.2) is 0 Å². The van der Waals surface area contributed by atoms with E-state index in [1.807, 2.05) is 30.3 Å². The zero-order chi connectivity index (χ0) is 18.4. The first-order chi connectivity index (χ1) is 12.6. The predicted molar refractivity (Wildman–Crippen MR) is 101 cm³/mol. The Balaban J connectivity index is 1.55. The molecule has 0 saturated carbocycles. The summed E-state index contributed by atoms with van der Waals surface area (Å²) < 4.78 is 6.86. The second-order valence-electron chi connectivity index (χ2n) is 5.47. The highest BCUT2D eigenvalue weighted by atomic mass is 35.5. The van der Waals surface area contributed by atoms with Gasteiger partial charge in [0, 0.05) is 21.7 Å². The van der Waals surface area contributed by atoms with Gasteiger partial charge in [0.2, 0.25) is 0 Å². The van der Waals surface area contributed by atoms with Crippen LogP contribution < -0.4 is 0 Å². The number of carbonyl (C=O) groups is 1. The maximum Gasteiger partial charge on any atom is 0.331 e. The molecule has 0 atom stereocenters. The van der Waals surface area contributed by atoms with Crippen LogP contribution in [0.2, 0.25) is 10.0 Å². The number of esters is 1. The molecule has 0 saturated heterocycles. The zero-order valence-electron chi connectivity index (χ0n) is 13.7. The van der Waals surface area contributed by atoms with Crippen molar-refractivity contribution in [1.82, 2.24) is 15.0 Å². The van der Waals surface area contributed by atoms with E-state index >= 15 is 0 Å². The second kappa shape index (κ2) is 8.65. The number of aromatic nitrogens is 3. The summed E-state index contributed by atoms with van der Waals surface area (Å²) in [6.07, 6.45) is 4.59. The highest BCUT2D eigenvalue weighted by Crippen LogP contribution is 2.24. The third-order valence-electron chi connectivity index (χ3n) is 3.55. The minimum absolute atomic E-state index is 0.00236. The van der Waals surface area contributed by atoms with Crippen molar-refractivity contribution in [1.29, 1.82) is 0 Å². The fraction of sp³-hybridized carbons (Fsp3) is 0.105. The third kappa shape index (κ3) is 4.94.